The van der Waals surface area contributed by atoms with Gasteiger partial charge in [-0.1, -0.05) is 42.5 Å². The first-order valence-corrected chi connectivity index (χ1v) is 10.1. The molecule has 0 radical (unpaired) electrons. The van der Waals surface area contributed by atoms with E-state index in [0.29, 0.717) is 18.7 Å². The van der Waals surface area contributed by atoms with Gasteiger partial charge in [0.15, 0.2) is 5.96 Å². The van der Waals surface area contributed by atoms with Crippen molar-refractivity contribution in [2.24, 2.45) is 4.99 Å². The van der Waals surface area contributed by atoms with Crippen LogP contribution in [-0.4, -0.2) is 38.6 Å². The van der Waals surface area contributed by atoms with Gasteiger partial charge >= 0.3 is 0 Å². The minimum absolute atomic E-state index is 0.0844. The lowest BCUT2D eigenvalue weighted by Gasteiger charge is -2.14. The molecule has 0 aromatic heterocycles. The topological polar surface area (TPSA) is 74.8 Å². The largest absolute Gasteiger partial charge is 0.374 e. The van der Waals surface area contributed by atoms with Crippen LogP contribution in [0.1, 0.15) is 47.9 Å². The van der Waals surface area contributed by atoms with Crippen LogP contribution in [0.5, 0.6) is 0 Å². The lowest BCUT2D eigenvalue weighted by atomic mass is 10.1. The summed E-state index contributed by atoms with van der Waals surface area (Å²) in [4.78, 5) is 16.2. The maximum atomic E-state index is 11.6. The monoisotopic (exact) mass is 396 g/mol. The third-order valence-electron chi connectivity index (χ3n) is 4.46. The minimum Gasteiger partial charge on any atom is -0.374 e. The number of nitrogens with one attached hydrogen (secondary N) is 3. The standard InChI is InChI=1S/C23H32N4O2/c1-4-25-23(27-17-19-11-13-21(14-12-19)22(28)24-3)26-15-8-16-29-18(2)20-9-6-5-7-10-20/h5-7,9-14,18H,4,8,15-17H2,1-3H3,(H,24,28)(H2,25,26,27). The molecule has 0 aliphatic rings. The molecule has 1 amide bonds. The number of nitrogens with zero attached hydrogens (tertiary/aromatic N) is 1. The van der Waals surface area contributed by atoms with Gasteiger partial charge in [-0.05, 0) is 43.5 Å². The average Bonchev–Trinajstić information content (AvgIpc) is 2.77. The van der Waals surface area contributed by atoms with Crippen LogP contribution in [0.25, 0.3) is 0 Å². The van der Waals surface area contributed by atoms with E-state index >= 15 is 0 Å². The fourth-order valence-corrected chi connectivity index (χ4v) is 2.78. The number of carbonyl (C=O) groups is 1. The second-order valence-electron chi connectivity index (χ2n) is 6.68. The lowest BCUT2D eigenvalue weighted by Crippen LogP contribution is -2.38. The first-order valence-electron chi connectivity index (χ1n) is 10.1. The first-order chi connectivity index (χ1) is 14.1. The van der Waals surface area contributed by atoms with Crippen LogP contribution in [0.3, 0.4) is 0 Å². The van der Waals surface area contributed by atoms with E-state index < -0.39 is 0 Å². The summed E-state index contributed by atoms with van der Waals surface area (Å²) in [5.74, 6) is 0.692. The van der Waals surface area contributed by atoms with Crippen molar-refractivity contribution < 1.29 is 9.53 Å². The minimum atomic E-state index is -0.0844. The van der Waals surface area contributed by atoms with Gasteiger partial charge in [0.1, 0.15) is 0 Å². The molecule has 2 aromatic rings. The summed E-state index contributed by atoms with van der Waals surface area (Å²) < 4.78 is 5.91. The molecule has 0 aliphatic heterocycles. The van der Waals surface area contributed by atoms with Crippen LogP contribution < -0.4 is 16.0 Å². The van der Waals surface area contributed by atoms with Crippen LogP contribution in [0.15, 0.2) is 59.6 Å². The van der Waals surface area contributed by atoms with Crippen molar-refractivity contribution >= 4 is 11.9 Å². The van der Waals surface area contributed by atoms with E-state index in [1.807, 2.05) is 49.4 Å². The summed E-state index contributed by atoms with van der Waals surface area (Å²) in [5.41, 5.74) is 2.89. The Bertz CT molecular complexity index is 760. The van der Waals surface area contributed by atoms with E-state index in [1.165, 1.54) is 5.56 Å². The number of hydrogen-bond acceptors (Lipinski definition) is 3. The lowest BCUT2D eigenvalue weighted by molar-refractivity contribution is 0.0646. The fourth-order valence-electron chi connectivity index (χ4n) is 2.78. The number of guanidine groups is 1. The Kier molecular flexibility index (Phi) is 9.72. The normalized spacial score (nSPS) is 12.3. The average molecular weight is 397 g/mol. The van der Waals surface area contributed by atoms with E-state index in [2.05, 4.69) is 40.0 Å². The van der Waals surface area contributed by atoms with E-state index in [-0.39, 0.29) is 12.0 Å². The Balaban J connectivity index is 1.75. The molecule has 6 nitrogen and oxygen atoms in total. The summed E-state index contributed by atoms with van der Waals surface area (Å²) in [7, 11) is 1.63. The van der Waals surface area contributed by atoms with Gasteiger partial charge < -0.3 is 20.7 Å². The first kappa shape index (κ1) is 22.4. The molecule has 0 spiro atoms. The van der Waals surface area contributed by atoms with Gasteiger partial charge in [0.05, 0.1) is 12.6 Å². The number of benzene rings is 2. The maximum Gasteiger partial charge on any atom is 0.251 e. The van der Waals surface area contributed by atoms with Crippen LogP contribution in [0, 0.1) is 0 Å². The molecule has 1 unspecified atom stereocenters. The molecule has 0 saturated carbocycles. The second-order valence-corrected chi connectivity index (χ2v) is 6.68. The predicted octanol–water partition coefficient (Wildman–Crippen LogP) is 3.27. The number of carbonyl (C=O) groups excluding carboxylic acids is 1. The molecule has 0 bridgehead atoms. The third-order valence-corrected chi connectivity index (χ3v) is 4.46. The number of aliphatic imine (C=N–C) groups is 1. The van der Waals surface area contributed by atoms with Gasteiger partial charge in [0.25, 0.3) is 5.91 Å². The Labute approximate surface area is 173 Å². The molecule has 156 valence electrons. The van der Waals surface area contributed by atoms with Crippen LogP contribution in [0.2, 0.25) is 0 Å². The zero-order valence-electron chi connectivity index (χ0n) is 17.6. The molecule has 1 atom stereocenters. The molecule has 29 heavy (non-hydrogen) atoms. The van der Waals surface area contributed by atoms with Gasteiger partial charge in [-0.3, -0.25) is 4.79 Å². The van der Waals surface area contributed by atoms with Gasteiger partial charge in [0, 0.05) is 32.3 Å². The Morgan fingerprint density at radius 3 is 2.45 bits per heavy atom. The fraction of sp³-hybridized carbons (Fsp3) is 0.391. The van der Waals surface area contributed by atoms with E-state index in [4.69, 9.17) is 4.74 Å². The highest BCUT2D eigenvalue weighted by Crippen LogP contribution is 2.15. The van der Waals surface area contributed by atoms with Crippen molar-refractivity contribution in [1.82, 2.24) is 16.0 Å². The number of rotatable bonds is 10. The third kappa shape index (κ3) is 7.95. The van der Waals surface area contributed by atoms with E-state index in [0.717, 1.165) is 31.0 Å². The molecule has 2 aromatic carbocycles. The van der Waals surface area contributed by atoms with Crippen molar-refractivity contribution in [2.45, 2.75) is 32.9 Å². The van der Waals surface area contributed by atoms with Crippen molar-refractivity contribution in [1.29, 1.82) is 0 Å². The number of hydrogen-bond donors (Lipinski definition) is 3. The van der Waals surface area contributed by atoms with Gasteiger partial charge in [-0.25, -0.2) is 4.99 Å². The molecule has 3 N–H and O–H groups in total. The molecular formula is C23H32N4O2. The highest BCUT2D eigenvalue weighted by atomic mass is 16.5. The quantitative estimate of drug-likeness (QED) is 0.327. The molecule has 0 aliphatic carbocycles. The summed E-state index contributed by atoms with van der Waals surface area (Å²) >= 11 is 0. The van der Waals surface area contributed by atoms with Crippen molar-refractivity contribution in [3.05, 3.63) is 71.3 Å². The zero-order valence-corrected chi connectivity index (χ0v) is 17.6. The maximum absolute atomic E-state index is 11.6. The zero-order chi connectivity index (χ0) is 20.9. The SMILES string of the molecule is CCNC(=NCc1ccc(C(=O)NC)cc1)NCCCOC(C)c1ccccc1. The van der Waals surface area contributed by atoms with Gasteiger partial charge in [-0.2, -0.15) is 0 Å². The van der Waals surface area contributed by atoms with E-state index in [1.54, 1.807) is 7.05 Å². The van der Waals surface area contributed by atoms with Crippen molar-refractivity contribution in [3.8, 4) is 0 Å². The van der Waals surface area contributed by atoms with Gasteiger partial charge in [-0.15, -0.1) is 0 Å². The summed E-state index contributed by atoms with van der Waals surface area (Å²) in [6, 6.07) is 17.7. The van der Waals surface area contributed by atoms with Crippen LogP contribution >= 0.6 is 0 Å². The highest BCUT2D eigenvalue weighted by molar-refractivity contribution is 5.93. The number of amides is 1. The smallest absolute Gasteiger partial charge is 0.251 e. The molecule has 2 rings (SSSR count). The van der Waals surface area contributed by atoms with E-state index in [9.17, 15) is 4.79 Å². The highest BCUT2D eigenvalue weighted by Gasteiger charge is 2.05. The predicted molar refractivity (Wildman–Crippen MR) is 118 cm³/mol. The molecule has 0 saturated heterocycles. The summed E-state index contributed by atoms with van der Waals surface area (Å²) in [5, 5.41) is 9.21. The Morgan fingerprint density at radius 2 is 1.79 bits per heavy atom. The molecule has 0 fully saturated rings. The molecule has 6 heteroatoms. The molecule has 0 heterocycles. The van der Waals surface area contributed by atoms with Crippen molar-refractivity contribution in [2.75, 3.05) is 26.7 Å². The summed E-state index contributed by atoms with van der Waals surface area (Å²) in [6.07, 6.45) is 0.985. The second kappa shape index (κ2) is 12.6. The summed E-state index contributed by atoms with van der Waals surface area (Å²) in [6.45, 7) is 6.92. The van der Waals surface area contributed by atoms with Crippen LogP contribution in [-0.2, 0) is 11.3 Å². The number of ether oxygens (including phenoxy) is 1. The van der Waals surface area contributed by atoms with Gasteiger partial charge in [0.2, 0.25) is 0 Å². The van der Waals surface area contributed by atoms with Crippen LogP contribution in [0.4, 0.5) is 0 Å². The van der Waals surface area contributed by atoms with Crippen molar-refractivity contribution in [3.63, 3.8) is 0 Å². The Hall–Kier alpha value is -2.86. The Morgan fingerprint density at radius 1 is 1.07 bits per heavy atom. The molecular weight excluding hydrogens is 364 g/mol.